The fourth-order valence-corrected chi connectivity index (χ4v) is 2.87. The van der Waals surface area contributed by atoms with Gasteiger partial charge in [0, 0.05) is 18.2 Å². The zero-order valence-corrected chi connectivity index (χ0v) is 14.1. The summed E-state index contributed by atoms with van der Waals surface area (Å²) in [5.74, 6) is 0.589. The second-order valence-electron chi connectivity index (χ2n) is 6.07. The SMILES string of the molecule is COc1ccc(N)c(NC(=O)CCCc2ccc3c(c2)CC(=O)N3)c1. The minimum absolute atomic E-state index is 0.0300. The molecule has 0 atom stereocenters. The van der Waals surface area contributed by atoms with Crippen LogP contribution in [0.2, 0.25) is 0 Å². The van der Waals surface area contributed by atoms with Gasteiger partial charge in [-0.15, -0.1) is 0 Å². The van der Waals surface area contributed by atoms with Crippen molar-refractivity contribution >= 4 is 28.9 Å². The number of anilines is 3. The van der Waals surface area contributed by atoms with Gasteiger partial charge in [-0.1, -0.05) is 12.1 Å². The molecule has 2 aromatic carbocycles. The van der Waals surface area contributed by atoms with Crippen molar-refractivity contribution in [3.63, 3.8) is 0 Å². The molecule has 6 heteroatoms. The van der Waals surface area contributed by atoms with E-state index in [4.69, 9.17) is 10.5 Å². The Morgan fingerprint density at radius 1 is 1.28 bits per heavy atom. The Hall–Kier alpha value is -3.02. The second kappa shape index (κ2) is 7.25. The van der Waals surface area contributed by atoms with E-state index in [1.165, 1.54) is 0 Å². The van der Waals surface area contributed by atoms with E-state index in [1.54, 1.807) is 25.3 Å². The summed E-state index contributed by atoms with van der Waals surface area (Å²) in [5.41, 5.74) is 9.98. The predicted molar refractivity (Wildman–Crippen MR) is 97.7 cm³/mol. The molecule has 6 nitrogen and oxygen atoms in total. The number of fused-ring (bicyclic) bond motifs is 1. The molecule has 1 aliphatic rings. The number of ether oxygens (including phenoxy) is 1. The summed E-state index contributed by atoms with van der Waals surface area (Å²) < 4.78 is 5.14. The van der Waals surface area contributed by atoms with Crippen LogP contribution < -0.4 is 21.1 Å². The number of carbonyl (C=O) groups excluding carboxylic acids is 2. The molecule has 0 bridgehead atoms. The standard InChI is InChI=1S/C19H21N3O3/c1-25-14-6-7-15(20)17(11-14)22-18(23)4-2-3-12-5-8-16-13(9-12)10-19(24)21-16/h5-9,11H,2-4,10,20H2,1H3,(H,21,24)(H,22,23). The van der Waals surface area contributed by atoms with Crippen LogP contribution in [0.3, 0.4) is 0 Å². The van der Waals surface area contributed by atoms with Gasteiger partial charge in [0.25, 0.3) is 0 Å². The number of nitrogen functional groups attached to an aromatic ring is 1. The molecule has 25 heavy (non-hydrogen) atoms. The highest BCUT2D eigenvalue weighted by atomic mass is 16.5. The lowest BCUT2D eigenvalue weighted by Gasteiger charge is -2.10. The summed E-state index contributed by atoms with van der Waals surface area (Å²) >= 11 is 0. The van der Waals surface area contributed by atoms with Gasteiger partial charge >= 0.3 is 0 Å². The first-order chi connectivity index (χ1) is 12.0. The Balaban J connectivity index is 1.52. The molecule has 2 aromatic rings. The molecule has 0 saturated carbocycles. The number of carbonyl (C=O) groups is 2. The average Bonchev–Trinajstić information content (AvgIpc) is 2.96. The van der Waals surface area contributed by atoms with Crippen LogP contribution in [-0.4, -0.2) is 18.9 Å². The number of hydrogen-bond donors (Lipinski definition) is 3. The minimum atomic E-state index is -0.0852. The van der Waals surface area contributed by atoms with E-state index in [2.05, 4.69) is 10.6 Å². The van der Waals surface area contributed by atoms with Gasteiger partial charge in [-0.3, -0.25) is 9.59 Å². The molecule has 3 rings (SSSR count). The summed E-state index contributed by atoms with van der Waals surface area (Å²) in [6, 6.07) is 11.1. The zero-order valence-electron chi connectivity index (χ0n) is 14.1. The monoisotopic (exact) mass is 339 g/mol. The summed E-state index contributed by atoms with van der Waals surface area (Å²) in [5, 5.41) is 5.64. The smallest absolute Gasteiger partial charge is 0.228 e. The fourth-order valence-electron chi connectivity index (χ4n) is 2.87. The number of aryl methyl sites for hydroxylation is 1. The quantitative estimate of drug-likeness (QED) is 0.706. The van der Waals surface area contributed by atoms with Crippen molar-refractivity contribution in [1.29, 1.82) is 0 Å². The normalized spacial score (nSPS) is 12.4. The Kier molecular flexibility index (Phi) is 4.88. The molecule has 0 radical (unpaired) electrons. The lowest BCUT2D eigenvalue weighted by molar-refractivity contribution is -0.116. The van der Waals surface area contributed by atoms with Crippen molar-refractivity contribution in [3.8, 4) is 5.75 Å². The first-order valence-electron chi connectivity index (χ1n) is 8.20. The summed E-state index contributed by atoms with van der Waals surface area (Å²) in [7, 11) is 1.57. The van der Waals surface area contributed by atoms with Gasteiger partial charge < -0.3 is 21.1 Å². The van der Waals surface area contributed by atoms with Crippen molar-refractivity contribution in [2.45, 2.75) is 25.7 Å². The number of rotatable bonds is 6. The van der Waals surface area contributed by atoms with Crippen LogP contribution in [0, 0.1) is 0 Å². The van der Waals surface area contributed by atoms with E-state index in [0.29, 0.717) is 30.0 Å². The molecular weight excluding hydrogens is 318 g/mol. The van der Waals surface area contributed by atoms with Crippen LogP contribution in [0.1, 0.15) is 24.0 Å². The summed E-state index contributed by atoms with van der Waals surface area (Å²) in [6.45, 7) is 0. The number of benzene rings is 2. The molecule has 0 fully saturated rings. The van der Waals surface area contributed by atoms with Crippen LogP contribution in [0.5, 0.6) is 5.75 Å². The molecular formula is C19H21N3O3. The van der Waals surface area contributed by atoms with Gasteiger partial charge in [-0.05, 0) is 42.2 Å². The van der Waals surface area contributed by atoms with Gasteiger partial charge in [-0.2, -0.15) is 0 Å². The third-order valence-corrected chi connectivity index (χ3v) is 4.20. The maximum atomic E-state index is 12.1. The molecule has 1 aliphatic heterocycles. The average molecular weight is 339 g/mol. The largest absolute Gasteiger partial charge is 0.497 e. The van der Waals surface area contributed by atoms with E-state index in [0.717, 1.165) is 29.7 Å². The second-order valence-corrected chi connectivity index (χ2v) is 6.07. The number of nitrogens with two attached hydrogens (primary N) is 1. The molecule has 0 aliphatic carbocycles. The van der Waals surface area contributed by atoms with Crippen LogP contribution in [0.25, 0.3) is 0 Å². The molecule has 2 amide bonds. The molecule has 1 heterocycles. The predicted octanol–water partition coefficient (Wildman–Crippen LogP) is 2.73. The highest BCUT2D eigenvalue weighted by Gasteiger charge is 2.17. The number of nitrogens with one attached hydrogen (secondary N) is 2. The summed E-state index contributed by atoms with van der Waals surface area (Å²) in [4.78, 5) is 23.5. The third-order valence-electron chi connectivity index (χ3n) is 4.20. The molecule has 0 aromatic heterocycles. The number of hydrogen-bond acceptors (Lipinski definition) is 4. The van der Waals surface area contributed by atoms with E-state index in [9.17, 15) is 9.59 Å². The zero-order chi connectivity index (χ0) is 17.8. The highest BCUT2D eigenvalue weighted by Crippen LogP contribution is 2.26. The molecule has 4 N–H and O–H groups in total. The van der Waals surface area contributed by atoms with Crippen molar-refractivity contribution in [1.82, 2.24) is 0 Å². The van der Waals surface area contributed by atoms with Crippen LogP contribution >= 0.6 is 0 Å². The van der Waals surface area contributed by atoms with Crippen molar-refractivity contribution in [2.24, 2.45) is 0 Å². The Morgan fingerprint density at radius 3 is 2.92 bits per heavy atom. The maximum Gasteiger partial charge on any atom is 0.228 e. The Bertz CT molecular complexity index is 818. The van der Waals surface area contributed by atoms with Gasteiger partial charge in [-0.25, -0.2) is 0 Å². The van der Waals surface area contributed by atoms with E-state index in [-0.39, 0.29) is 11.8 Å². The van der Waals surface area contributed by atoms with Crippen molar-refractivity contribution < 1.29 is 14.3 Å². The number of methoxy groups -OCH3 is 1. The van der Waals surface area contributed by atoms with Gasteiger partial charge in [0.1, 0.15) is 5.75 Å². The fraction of sp³-hybridized carbons (Fsp3) is 0.263. The number of amides is 2. The van der Waals surface area contributed by atoms with Gasteiger partial charge in [0.2, 0.25) is 11.8 Å². The third kappa shape index (κ3) is 4.09. The van der Waals surface area contributed by atoms with Crippen molar-refractivity contribution in [3.05, 3.63) is 47.5 Å². The molecule has 0 unspecified atom stereocenters. The molecule has 0 spiro atoms. The van der Waals surface area contributed by atoms with E-state index < -0.39 is 0 Å². The highest BCUT2D eigenvalue weighted by molar-refractivity contribution is 5.99. The van der Waals surface area contributed by atoms with Crippen molar-refractivity contribution in [2.75, 3.05) is 23.5 Å². The summed E-state index contributed by atoms with van der Waals surface area (Å²) in [6.07, 6.45) is 2.32. The van der Waals surface area contributed by atoms with E-state index >= 15 is 0 Å². The van der Waals surface area contributed by atoms with Gasteiger partial charge in [0.15, 0.2) is 0 Å². The first kappa shape index (κ1) is 16.8. The topological polar surface area (TPSA) is 93.4 Å². The van der Waals surface area contributed by atoms with Crippen LogP contribution in [0.4, 0.5) is 17.1 Å². The maximum absolute atomic E-state index is 12.1. The van der Waals surface area contributed by atoms with Gasteiger partial charge in [0.05, 0.1) is 24.9 Å². The minimum Gasteiger partial charge on any atom is -0.497 e. The lowest BCUT2D eigenvalue weighted by atomic mass is 10.0. The van der Waals surface area contributed by atoms with Crippen LogP contribution in [-0.2, 0) is 22.4 Å². The Morgan fingerprint density at radius 2 is 2.12 bits per heavy atom. The first-order valence-corrected chi connectivity index (χ1v) is 8.20. The molecule has 0 saturated heterocycles. The van der Waals surface area contributed by atoms with E-state index in [1.807, 2.05) is 18.2 Å². The molecule has 130 valence electrons. The van der Waals surface area contributed by atoms with Crippen LogP contribution in [0.15, 0.2) is 36.4 Å². The Labute approximate surface area is 146 Å². The lowest BCUT2D eigenvalue weighted by Crippen LogP contribution is -2.13.